The molecule has 0 radical (unpaired) electrons. The highest BCUT2D eigenvalue weighted by molar-refractivity contribution is 5.91. The van der Waals surface area contributed by atoms with Gasteiger partial charge in [0.05, 0.1) is 29.3 Å². The van der Waals surface area contributed by atoms with Crippen molar-refractivity contribution in [2.45, 2.75) is 66.2 Å². The van der Waals surface area contributed by atoms with Crippen LogP contribution in [-0.4, -0.2) is 73.6 Å². The van der Waals surface area contributed by atoms with Crippen LogP contribution in [0.3, 0.4) is 0 Å². The lowest BCUT2D eigenvalue weighted by atomic mass is 10.0. The van der Waals surface area contributed by atoms with Gasteiger partial charge in [-0.25, -0.2) is 19.4 Å². The van der Waals surface area contributed by atoms with Crippen LogP contribution in [0.25, 0.3) is 11.3 Å². The molecule has 11 heteroatoms. The van der Waals surface area contributed by atoms with Gasteiger partial charge in [0.1, 0.15) is 11.9 Å². The van der Waals surface area contributed by atoms with Crippen LogP contribution in [0.5, 0.6) is 0 Å². The third-order valence-corrected chi connectivity index (χ3v) is 6.43. The molecule has 11 nitrogen and oxygen atoms in total. The third kappa shape index (κ3) is 6.90. The first-order valence-electron chi connectivity index (χ1n) is 13.2. The summed E-state index contributed by atoms with van der Waals surface area (Å²) in [6.07, 6.45) is 4.74. The van der Waals surface area contributed by atoms with Crippen molar-refractivity contribution in [3.05, 3.63) is 53.7 Å². The van der Waals surface area contributed by atoms with Crippen LogP contribution in [0.2, 0.25) is 0 Å². The fraction of sp³-hybridized carbons (Fsp3) is 0.500. The molecule has 0 unspecified atom stereocenters. The van der Waals surface area contributed by atoms with Crippen LogP contribution >= 0.6 is 0 Å². The number of ether oxygens (including phenoxy) is 1. The number of rotatable bonds is 5. The number of amides is 2. The van der Waals surface area contributed by atoms with Gasteiger partial charge in [-0.15, -0.1) is 5.10 Å². The number of piperazine rings is 1. The summed E-state index contributed by atoms with van der Waals surface area (Å²) >= 11 is 0. The van der Waals surface area contributed by atoms with E-state index >= 15 is 0 Å². The highest BCUT2D eigenvalue weighted by atomic mass is 16.6. The Morgan fingerprint density at radius 1 is 1.05 bits per heavy atom. The summed E-state index contributed by atoms with van der Waals surface area (Å²) < 4.78 is 7.20. The standard InChI is InChI=1S/C28H38N8O3/c1-19-14-20(8-9-21(19)15-30-25(37)22-17-36(33-32-22)27(2,3)4)24-23(16-29-18-31-24)34-10-12-35(13-11-34)26(38)39-28(5,6)7/h8-9,14,16-18H,10-13,15H2,1-7H3,(H,30,37). The van der Waals surface area contributed by atoms with E-state index in [1.165, 1.54) is 0 Å². The Kier molecular flexibility index (Phi) is 7.89. The Hall–Kier alpha value is -4.02. The Morgan fingerprint density at radius 3 is 2.38 bits per heavy atom. The summed E-state index contributed by atoms with van der Waals surface area (Å²) in [4.78, 5) is 37.9. The minimum atomic E-state index is -0.520. The number of carbonyl (C=O) groups is 2. The van der Waals surface area contributed by atoms with Gasteiger partial charge in [-0.3, -0.25) is 4.79 Å². The van der Waals surface area contributed by atoms with E-state index in [-0.39, 0.29) is 23.2 Å². The predicted molar refractivity (Wildman–Crippen MR) is 148 cm³/mol. The van der Waals surface area contributed by atoms with Gasteiger partial charge in [0, 0.05) is 38.3 Å². The molecule has 208 valence electrons. The minimum Gasteiger partial charge on any atom is -0.444 e. The van der Waals surface area contributed by atoms with E-state index in [9.17, 15) is 9.59 Å². The van der Waals surface area contributed by atoms with E-state index in [0.29, 0.717) is 32.7 Å². The monoisotopic (exact) mass is 534 g/mol. The fourth-order valence-electron chi connectivity index (χ4n) is 4.24. The van der Waals surface area contributed by atoms with Gasteiger partial charge in [-0.2, -0.15) is 0 Å². The van der Waals surface area contributed by atoms with Crippen molar-refractivity contribution in [2.24, 2.45) is 0 Å². The summed E-state index contributed by atoms with van der Waals surface area (Å²) in [7, 11) is 0. The van der Waals surface area contributed by atoms with Gasteiger partial charge < -0.3 is 19.9 Å². The molecule has 3 aromatic rings. The molecule has 0 aliphatic carbocycles. The SMILES string of the molecule is Cc1cc(-c2ncncc2N2CCN(C(=O)OC(C)(C)C)CC2)ccc1CNC(=O)c1cn(C(C)(C)C)nn1. The van der Waals surface area contributed by atoms with Crippen molar-refractivity contribution in [3.8, 4) is 11.3 Å². The normalized spacial score (nSPS) is 14.3. The van der Waals surface area contributed by atoms with E-state index in [2.05, 4.69) is 36.6 Å². The maximum atomic E-state index is 12.6. The van der Waals surface area contributed by atoms with Crippen molar-refractivity contribution in [3.63, 3.8) is 0 Å². The summed E-state index contributed by atoms with van der Waals surface area (Å²) in [5, 5.41) is 11.0. The molecule has 0 bridgehead atoms. The molecule has 39 heavy (non-hydrogen) atoms. The number of nitrogens with one attached hydrogen (secondary N) is 1. The average molecular weight is 535 g/mol. The average Bonchev–Trinajstić information content (AvgIpc) is 3.38. The summed E-state index contributed by atoms with van der Waals surface area (Å²) in [5.74, 6) is -0.266. The molecule has 1 saturated heterocycles. The smallest absolute Gasteiger partial charge is 0.410 e. The van der Waals surface area contributed by atoms with Gasteiger partial charge in [0.15, 0.2) is 5.69 Å². The molecule has 1 aliphatic rings. The number of benzene rings is 1. The van der Waals surface area contributed by atoms with Crippen LogP contribution < -0.4 is 10.2 Å². The Labute approximate surface area is 229 Å². The lowest BCUT2D eigenvalue weighted by Crippen LogP contribution is -2.50. The number of aryl methyl sites for hydroxylation is 1. The topological polar surface area (TPSA) is 118 Å². The summed E-state index contributed by atoms with van der Waals surface area (Å²) in [6, 6.07) is 6.08. The minimum absolute atomic E-state index is 0.247. The Morgan fingerprint density at radius 2 is 1.77 bits per heavy atom. The van der Waals surface area contributed by atoms with Crippen molar-refractivity contribution >= 4 is 17.7 Å². The maximum Gasteiger partial charge on any atom is 0.410 e. The van der Waals surface area contributed by atoms with Gasteiger partial charge in [0.2, 0.25) is 0 Å². The van der Waals surface area contributed by atoms with Gasteiger partial charge in [0.25, 0.3) is 5.91 Å². The van der Waals surface area contributed by atoms with E-state index in [1.807, 2.05) is 66.8 Å². The second-order valence-corrected chi connectivity index (χ2v) is 11.8. The molecule has 1 aromatic carbocycles. The first-order valence-corrected chi connectivity index (χ1v) is 13.2. The zero-order valence-electron chi connectivity index (χ0n) is 23.9. The third-order valence-electron chi connectivity index (χ3n) is 6.43. The molecule has 2 amide bonds. The zero-order valence-corrected chi connectivity index (χ0v) is 23.9. The van der Waals surface area contributed by atoms with Crippen LogP contribution in [0.15, 0.2) is 36.9 Å². The second-order valence-electron chi connectivity index (χ2n) is 11.8. The van der Waals surface area contributed by atoms with E-state index in [4.69, 9.17) is 4.74 Å². The number of aromatic nitrogens is 5. The van der Waals surface area contributed by atoms with Crippen LogP contribution in [-0.2, 0) is 16.8 Å². The molecule has 3 heterocycles. The largest absolute Gasteiger partial charge is 0.444 e. The summed E-state index contributed by atoms with van der Waals surface area (Å²) in [5.41, 5.74) is 4.26. The maximum absolute atomic E-state index is 12.6. The molecule has 1 aliphatic heterocycles. The number of hydrogen-bond acceptors (Lipinski definition) is 8. The first-order chi connectivity index (χ1) is 18.3. The number of anilines is 1. The van der Waals surface area contributed by atoms with Crippen LogP contribution in [0.4, 0.5) is 10.5 Å². The molecule has 1 N–H and O–H groups in total. The molecule has 0 atom stereocenters. The molecule has 1 fully saturated rings. The molecule has 2 aromatic heterocycles. The van der Waals surface area contributed by atoms with E-state index in [1.54, 1.807) is 22.1 Å². The van der Waals surface area contributed by atoms with Crippen molar-refractivity contribution in [1.82, 2.24) is 35.2 Å². The quantitative estimate of drug-likeness (QED) is 0.525. The van der Waals surface area contributed by atoms with Gasteiger partial charge in [-0.05, 0) is 65.7 Å². The van der Waals surface area contributed by atoms with Crippen molar-refractivity contribution < 1.29 is 14.3 Å². The summed E-state index contributed by atoms with van der Waals surface area (Å²) in [6.45, 7) is 16.4. The highest BCUT2D eigenvalue weighted by Gasteiger charge is 2.27. The number of nitrogens with zero attached hydrogens (tertiary/aromatic N) is 7. The Balaban J connectivity index is 1.42. The van der Waals surface area contributed by atoms with E-state index in [0.717, 1.165) is 28.1 Å². The van der Waals surface area contributed by atoms with Crippen LogP contribution in [0, 0.1) is 6.92 Å². The van der Waals surface area contributed by atoms with Crippen LogP contribution in [0.1, 0.15) is 63.2 Å². The Bertz CT molecular complexity index is 1330. The predicted octanol–water partition coefficient (Wildman–Crippen LogP) is 3.79. The fourth-order valence-corrected chi connectivity index (χ4v) is 4.24. The van der Waals surface area contributed by atoms with Crippen molar-refractivity contribution in [2.75, 3.05) is 31.1 Å². The lowest BCUT2D eigenvalue weighted by Gasteiger charge is -2.37. The molecular weight excluding hydrogens is 496 g/mol. The molecule has 0 spiro atoms. The second kappa shape index (κ2) is 11.0. The number of hydrogen-bond donors (Lipinski definition) is 1. The van der Waals surface area contributed by atoms with Gasteiger partial charge in [-0.1, -0.05) is 17.3 Å². The highest BCUT2D eigenvalue weighted by Crippen LogP contribution is 2.30. The molecular formula is C28H38N8O3. The van der Waals surface area contributed by atoms with Crippen molar-refractivity contribution in [1.29, 1.82) is 0 Å². The van der Waals surface area contributed by atoms with Gasteiger partial charge >= 0.3 is 6.09 Å². The lowest BCUT2D eigenvalue weighted by molar-refractivity contribution is 0.0240. The zero-order chi connectivity index (χ0) is 28.4. The number of carbonyl (C=O) groups excluding carboxylic acids is 2. The molecule has 4 rings (SSSR count). The first kappa shape index (κ1) is 28.0. The van der Waals surface area contributed by atoms with E-state index < -0.39 is 5.60 Å². The molecule has 0 saturated carbocycles.